The van der Waals surface area contributed by atoms with Crippen LogP contribution >= 0.6 is 23.2 Å². The lowest BCUT2D eigenvalue weighted by Gasteiger charge is -2.11. The highest BCUT2D eigenvalue weighted by atomic mass is 35.5. The summed E-state index contributed by atoms with van der Waals surface area (Å²) in [6.45, 7) is -0.114. The van der Waals surface area contributed by atoms with E-state index in [1.54, 1.807) is 18.2 Å². The number of amides is 1. The van der Waals surface area contributed by atoms with Crippen LogP contribution in [0.1, 0.15) is 5.56 Å². The lowest BCUT2D eigenvalue weighted by molar-refractivity contribution is -0.142. The van der Waals surface area contributed by atoms with Crippen molar-refractivity contribution in [3.8, 4) is 0 Å². The number of benzene rings is 1. The summed E-state index contributed by atoms with van der Waals surface area (Å²) < 4.78 is 4.71. The summed E-state index contributed by atoms with van der Waals surface area (Å²) in [5.41, 5.74) is 0.602. The Morgan fingerprint density at radius 3 is 2.70 bits per heavy atom. The molecule has 1 aromatic carbocycles. The molecule has 0 heterocycles. The van der Waals surface area contributed by atoms with E-state index < -0.39 is 17.9 Å². The van der Waals surface area contributed by atoms with Crippen molar-refractivity contribution in [1.82, 2.24) is 5.32 Å². The molecule has 2 N–H and O–H groups in total. The lowest BCUT2D eigenvalue weighted by atomic mass is 10.2. The molecule has 5 nitrogen and oxygen atoms in total. The summed E-state index contributed by atoms with van der Waals surface area (Å²) >= 11 is 11.7. The number of hydrogen-bond acceptors (Lipinski definition) is 3. The fourth-order valence-corrected chi connectivity index (χ4v) is 1.83. The summed E-state index contributed by atoms with van der Waals surface area (Å²) in [4.78, 5) is 22.4. The highest BCUT2D eigenvalue weighted by Crippen LogP contribution is 2.21. The van der Waals surface area contributed by atoms with Crippen molar-refractivity contribution in [3.05, 3.63) is 39.9 Å². The van der Waals surface area contributed by atoms with E-state index in [-0.39, 0.29) is 6.61 Å². The molecule has 1 atom stereocenters. The highest BCUT2D eigenvalue weighted by molar-refractivity contribution is 6.35. The second-order valence-corrected chi connectivity index (χ2v) is 4.70. The van der Waals surface area contributed by atoms with E-state index in [0.717, 1.165) is 0 Å². The fourth-order valence-electron chi connectivity index (χ4n) is 1.36. The van der Waals surface area contributed by atoms with Gasteiger partial charge in [0.25, 0.3) is 0 Å². The van der Waals surface area contributed by atoms with Gasteiger partial charge >= 0.3 is 5.97 Å². The molecule has 0 radical (unpaired) electrons. The van der Waals surface area contributed by atoms with E-state index >= 15 is 0 Å². The molecule has 1 amide bonds. The van der Waals surface area contributed by atoms with Crippen molar-refractivity contribution in [3.63, 3.8) is 0 Å². The van der Waals surface area contributed by atoms with Crippen molar-refractivity contribution in [2.24, 2.45) is 0 Å². The Morgan fingerprint density at radius 2 is 2.15 bits per heavy atom. The van der Waals surface area contributed by atoms with Crippen LogP contribution in [-0.2, 0) is 14.3 Å². The maximum Gasteiger partial charge on any atom is 0.328 e. The first-order valence-corrected chi connectivity index (χ1v) is 6.35. The highest BCUT2D eigenvalue weighted by Gasteiger charge is 2.18. The average molecular weight is 318 g/mol. The van der Waals surface area contributed by atoms with Crippen LogP contribution in [0.5, 0.6) is 0 Å². The molecule has 0 bridgehead atoms. The van der Waals surface area contributed by atoms with Crippen LogP contribution < -0.4 is 5.32 Å². The zero-order valence-corrected chi connectivity index (χ0v) is 12.1. The van der Waals surface area contributed by atoms with Crippen molar-refractivity contribution >= 4 is 41.2 Å². The van der Waals surface area contributed by atoms with E-state index in [2.05, 4.69) is 5.32 Å². The maximum absolute atomic E-state index is 11.6. The van der Waals surface area contributed by atoms with E-state index in [4.69, 9.17) is 33.0 Å². The molecule has 0 aliphatic carbocycles. The number of aliphatic carboxylic acids is 1. The van der Waals surface area contributed by atoms with Gasteiger partial charge in [-0.1, -0.05) is 29.3 Å². The molecule has 1 rings (SSSR count). The molecule has 0 fully saturated rings. The van der Waals surface area contributed by atoms with Crippen LogP contribution in [-0.4, -0.2) is 36.7 Å². The van der Waals surface area contributed by atoms with Gasteiger partial charge in [0.05, 0.1) is 6.61 Å². The molecule has 1 unspecified atom stereocenters. The minimum atomic E-state index is -1.17. The van der Waals surface area contributed by atoms with Crippen molar-refractivity contribution in [1.29, 1.82) is 0 Å². The second-order valence-electron chi connectivity index (χ2n) is 3.85. The number of carboxylic acids is 1. The summed E-state index contributed by atoms with van der Waals surface area (Å²) in [5, 5.41) is 12.0. The maximum atomic E-state index is 11.6. The number of hydrogen-bond donors (Lipinski definition) is 2. The zero-order valence-electron chi connectivity index (χ0n) is 10.6. The topological polar surface area (TPSA) is 75.6 Å². The Hall–Kier alpha value is -1.56. The fraction of sp³-hybridized carbons (Fsp3) is 0.231. The molecule has 0 saturated carbocycles. The summed E-state index contributed by atoms with van der Waals surface area (Å²) in [5.74, 6) is -1.72. The second kappa shape index (κ2) is 7.89. The first kappa shape index (κ1) is 16.5. The SMILES string of the molecule is COCC(NC(=O)/C=C/c1ccc(Cl)cc1Cl)C(=O)O. The van der Waals surface area contributed by atoms with E-state index in [1.807, 2.05) is 0 Å². The van der Waals surface area contributed by atoms with E-state index in [0.29, 0.717) is 15.6 Å². The van der Waals surface area contributed by atoms with Crippen molar-refractivity contribution in [2.45, 2.75) is 6.04 Å². The third kappa shape index (κ3) is 5.21. The first-order valence-electron chi connectivity index (χ1n) is 5.59. The molecule has 0 aromatic heterocycles. The number of rotatable bonds is 6. The van der Waals surface area contributed by atoms with Gasteiger partial charge in [-0.05, 0) is 23.8 Å². The molecule has 108 valence electrons. The standard InChI is InChI=1S/C13H13Cl2NO4/c1-20-7-11(13(18)19)16-12(17)5-3-8-2-4-9(14)6-10(8)15/h2-6,11H,7H2,1H3,(H,16,17)(H,18,19)/b5-3+. The van der Waals surface area contributed by atoms with E-state index in [1.165, 1.54) is 19.3 Å². The Kier molecular flexibility index (Phi) is 6.51. The number of carbonyl (C=O) groups is 2. The van der Waals surface area contributed by atoms with Gasteiger partial charge in [-0.2, -0.15) is 0 Å². The molecule has 0 aliphatic heterocycles. The molecule has 20 heavy (non-hydrogen) atoms. The van der Waals surface area contributed by atoms with Gasteiger partial charge in [0.15, 0.2) is 6.04 Å². The normalized spacial score (nSPS) is 12.3. The van der Waals surface area contributed by atoms with Crippen LogP contribution in [0.3, 0.4) is 0 Å². The van der Waals surface area contributed by atoms with Gasteiger partial charge in [0.2, 0.25) is 5.91 Å². The number of nitrogens with one attached hydrogen (secondary N) is 1. The van der Waals surface area contributed by atoms with Gasteiger partial charge in [0, 0.05) is 23.2 Å². The molecule has 0 aliphatic rings. The minimum Gasteiger partial charge on any atom is -0.480 e. The molecule has 1 aromatic rings. The van der Waals surface area contributed by atoms with Gasteiger partial charge < -0.3 is 15.2 Å². The minimum absolute atomic E-state index is 0.114. The van der Waals surface area contributed by atoms with Gasteiger partial charge in [0.1, 0.15) is 0 Å². The summed E-state index contributed by atoms with van der Waals surface area (Å²) in [6.07, 6.45) is 2.67. The number of carboxylic acid groups (broad SMARTS) is 1. The molecular formula is C13H13Cl2NO4. The summed E-state index contributed by atoms with van der Waals surface area (Å²) in [6, 6.07) is 3.73. The largest absolute Gasteiger partial charge is 0.480 e. The van der Waals surface area contributed by atoms with E-state index in [9.17, 15) is 9.59 Å². The van der Waals surface area contributed by atoms with Gasteiger partial charge in [-0.3, -0.25) is 4.79 Å². The molecular weight excluding hydrogens is 305 g/mol. The monoisotopic (exact) mass is 317 g/mol. The van der Waals surface area contributed by atoms with Crippen LogP contribution in [0.2, 0.25) is 10.0 Å². The number of halogens is 2. The third-order valence-electron chi connectivity index (χ3n) is 2.32. The number of ether oxygens (including phenoxy) is 1. The van der Waals surface area contributed by atoms with Crippen LogP contribution in [0, 0.1) is 0 Å². The predicted molar refractivity (Wildman–Crippen MR) is 76.9 cm³/mol. The quantitative estimate of drug-likeness (QED) is 0.789. The number of methoxy groups -OCH3 is 1. The Balaban J connectivity index is 2.69. The molecule has 0 spiro atoms. The number of carbonyl (C=O) groups excluding carboxylic acids is 1. The van der Waals surface area contributed by atoms with Gasteiger partial charge in [-0.15, -0.1) is 0 Å². The lowest BCUT2D eigenvalue weighted by Crippen LogP contribution is -2.43. The Labute approximate surface area is 126 Å². The zero-order chi connectivity index (χ0) is 15.1. The van der Waals surface area contributed by atoms with Crippen LogP contribution in [0.4, 0.5) is 0 Å². The van der Waals surface area contributed by atoms with Gasteiger partial charge in [-0.25, -0.2) is 4.79 Å². The smallest absolute Gasteiger partial charge is 0.328 e. The predicted octanol–water partition coefficient (Wildman–Crippen LogP) is 2.22. The van der Waals surface area contributed by atoms with Crippen LogP contribution in [0.25, 0.3) is 6.08 Å². The first-order chi connectivity index (χ1) is 9.43. The summed E-state index contributed by atoms with van der Waals surface area (Å²) in [7, 11) is 1.35. The Morgan fingerprint density at radius 1 is 1.45 bits per heavy atom. The third-order valence-corrected chi connectivity index (χ3v) is 2.89. The molecule has 0 saturated heterocycles. The average Bonchev–Trinajstić information content (AvgIpc) is 2.37. The van der Waals surface area contributed by atoms with Crippen molar-refractivity contribution < 1.29 is 19.4 Å². The van der Waals surface area contributed by atoms with Crippen molar-refractivity contribution in [2.75, 3.05) is 13.7 Å². The molecule has 7 heteroatoms. The van der Waals surface area contributed by atoms with Crippen LogP contribution in [0.15, 0.2) is 24.3 Å². The Bertz CT molecular complexity index is 531.